The number of H-pyrrole nitrogens is 5. The average molecular weight is 1570 g/mol. The highest BCUT2D eigenvalue weighted by molar-refractivity contribution is 6.31. The molecule has 6 aromatic heterocycles. The smallest absolute Gasteiger partial charge is 0.268 e. The summed E-state index contributed by atoms with van der Waals surface area (Å²) in [6.07, 6.45) is 8.66. The van der Waals surface area contributed by atoms with Crippen molar-refractivity contribution in [2.24, 2.45) is 7.05 Å². The quantitative estimate of drug-likeness (QED) is 0.0390. The molecule has 1 saturated carbocycles. The Kier molecular flexibility index (Phi) is 23.7. The van der Waals surface area contributed by atoms with Gasteiger partial charge >= 0.3 is 0 Å². The molecule has 0 bridgehead atoms. The van der Waals surface area contributed by atoms with Gasteiger partial charge in [0.25, 0.3) is 29.5 Å². The standard InChI is InChI=1S/C20H20N2O.C19H14FN3O2.C19H20N2O.C18H14ClFN2O2.C17H20N4O/c1-2-14-8-9-17-15(12-14)13-18(21-17)19(23)22-20(10-11-20)16-6-4-3-5-7-16;20-15-4-2-14(3-5-15)19(10-25-11-19)23-18(24)17-8-13-7-12(9-21)1-6-16(13)22-17;1-3-14-9-10-17-16(11-14)12-18(21-17)19(22)20-13(2)15-7-5-4-6-8-15;19-13-3-6-15-11(7-13)8-16(21-15)17(23)22-18(9-24-10-18)12-1-4-14(20)5-2-12;1-4-12-5-6-15-13(7-12)8-16(20-15)17(22)19-11(2)14-9-18-21(3)10-14/h3-9,12-13,21H,2,10-11H2,1H3,(H,22,23);1-8,22H,10-11H2,(H,23,24);4-13,21H,3H2,1-2H3,(H,20,22);1-8,21H,9-10H2,(H,22,23);5-11,20H,4H2,1-3H3,(H,19,22)/t;;13-;;/m..1../s1. The molecule has 1 unspecified atom stereocenters. The Balaban J connectivity index is 0.000000120. The molecule has 116 heavy (non-hydrogen) atoms. The SMILES string of the molecule is CCc1ccc2[nH]c(C(=O)NC(C)c3cnn(C)c3)cc2c1.CCc1ccc2[nH]c(C(=O)NC3(c4ccccc4)CC3)cc2c1.CCc1ccc2[nH]c(C(=O)N[C@H](C)c3ccccc3)cc2c1.N#Cc1ccc2[nH]c(C(=O)NC3(c4ccc(F)cc4)COC3)cc2c1.O=C(NC1(c2ccc(F)cc2)COC1)c1cc2cc(Cl)ccc2[nH]1. The minimum atomic E-state index is -0.653. The number of benzene rings is 9. The summed E-state index contributed by atoms with van der Waals surface area (Å²) in [5.41, 5.74) is 15.1. The Morgan fingerprint density at radius 3 is 1.17 bits per heavy atom. The van der Waals surface area contributed by atoms with Crippen LogP contribution >= 0.6 is 11.6 Å². The highest BCUT2D eigenvalue weighted by Crippen LogP contribution is 2.46. The lowest BCUT2D eigenvalue weighted by Gasteiger charge is -2.42. The highest BCUT2D eigenvalue weighted by Gasteiger charge is 2.46. The number of hydrogen-bond acceptors (Lipinski definition) is 9. The normalized spacial score (nSPS) is 14.4. The van der Waals surface area contributed by atoms with Gasteiger partial charge in [0.05, 0.1) is 61.9 Å². The van der Waals surface area contributed by atoms with Crippen molar-refractivity contribution in [2.75, 3.05) is 26.4 Å². The van der Waals surface area contributed by atoms with E-state index in [9.17, 15) is 32.8 Å². The van der Waals surface area contributed by atoms with E-state index in [-0.39, 0.29) is 58.8 Å². The second-order valence-corrected chi connectivity index (χ2v) is 30.0. The summed E-state index contributed by atoms with van der Waals surface area (Å²) < 4.78 is 38.6. The van der Waals surface area contributed by atoms with Crippen LogP contribution in [0.4, 0.5) is 8.78 Å². The lowest BCUT2D eigenvalue weighted by atomic mass is 9.87. The fourth-order valence-corrected chi connectivity index (χ4v) is 14.4. The number of hydrogen-bond donors (Lipinski definition) is 10. The first-order valence-electron chi connectivity index (χ1n) is 38.6. The van der Waals surface area contributed by atoms with E-state index < -0.39 is 11.1 Å². The zero-order valence-electron chi connectivity index (χ0n) is 64.9. The van der Waals surface area contributed by atoms with Gasteiger partial charge < -0.3 is 61.0 Å². The second-order valence-electron chi connectivity index (χ2n) is 29.6. The van der Waals surface area contributed by atoms with E-state index in [1.54, 1.807) is 77.6 Å². The van der Waals surface area contributed by atoms with Crippen molar-refractivity contribution in [1.82, 2.24) is 61.3 Å². The van der Waals surface area contributed by atoms with Crippen molar-refractivity contribution in [3.8, 4) is 6.07 Å². The number of ether oxygens (including phenoxy) is 2. The summed E-state index contributed by atoms with van der Waals surface area (Å²) in [7, 11) is 1.86. The molecule has 2 aliphatic heterocycles. The predicted molar refractivity (Wildman–Crippen MR) is 448 cm³/mol. The number of rotatable bonds is 18. The van der Waals surface area contributed by atoms with Gasteiger partial charge in [-0.2, -0.15) is 10.4 Å². The van der Waals surface area contributed by atoms with Gasteiger partial charge in [-0.1, -0.05) is 136 Å². The third-order valence-electron chi connectivity index (χ3n) is 21.4. The van der Waals surface area contributed by atoms with E-state index in [1.165, 1.54) is 46.5 Å². The molecule has 9 aromatic carbocycles. The maximum Gasteiger partial charge on any atom is 0.268 e. The second kappa shape index (κ2) is 34.6. The van der Waals surface area contributed by atoms with Crippen LogP contribution in [-0.2, 0) is 52.4 Å². The number of carbonyl (C=O) groups is 5. The molecular formula is C93H88ClF2N13O7. The maximum absolute atomic E-state index is 13.2. The number of carbonyl (C=O) groups excluding carboxylic acids is 5. The lowest BCUT2D eigenvalue weighted by Crippen LogP contribution is -2.59. The van der Waals surface area contributed by atoms with Gasteiger partial charge in [-0.15, -0.1) is 0 Å². The maximum atomic E-state index is 13.2. The lowest BCUT2D eigenvalue weighted by molar-refractivity contribution is -0.0734. The summed E-state index contributed by atoms with van der Waals surface area (Å²) in [5, 5.41) is 33.9. The number of aryl methyl sites for hydroxylation is 4. The van der Waals surface area contributed by atoms with E-state index in [0.717, 1.165) is 109 Å². The first kappa shape index (κ1) is 79.4. The monoisotopic (exact) mass is 1570 g/mol. The Morgan fingerprint density at radius 2 is 0.802 bits per heavy atom. The summed E-state index contributed by atoms with van der Waals surface area (Å²) >= 11 is 5.98. The summed E-state index contributed by atoms with van der Waals surface area (Å²) in [5.74, 6) is -1.36. The molecule has 23 heteroatoms. The van der Waals surface area contributed by atoms with Crippen molar-refractivity contribution >= 4 is 95.7 Å². The molecule has 1 aliphatic carbocycles. The molecule has 20 nitrogen and oxygen atoms in total. The minimum absolute atomic E-state index is 0.0219. The van der Waals surface area contributed by atoms with Crippen molar-refractivity contribution in [3.05, 3.63) is 338 Å². The molecule has 15 aromatic rings. The van der Waals surface area contributed by atoms with Crippen LogP contribution in [-0.4, -0.2) is 90.7 Å². The van der Waals surface area contributed by atoms with Gasteiger partial charge in [-0.05, 0) is 212 Å². The number of nitriles is 1. The van der Waals surface area contributed by atoms with Crippen molar-refractivity contribution in [1.29, 1.82) is 5.26 Å². The molecule has 3 aliphatic rings. The van der Waals surface area contributed by atoms with Crippen LogP contribution in [0.5, 0.6) is 0 Å². The number of amides is 5. The Hall–Kier alpha value is -13.2. The fourth-order valence-electron chi connectivity index (χ4n) is 14.2. The first-order chi connectivity index (χ1) is 56.1. The number of nitrogens with zero attached hydrogens (tertiary/aromatic N) is 3. The van der Waals surface area contributed by atoms with Crippen LogP contribution in [0.3, 0.4) is 0 Å². The van der Waals surface area contributed by atoms with Gasteiger partial charge in [0.2, 0.25) is 0 Å². The van der Waals surface area contributed by atoms with E-state index >= 15 is 0 Å². The summed E-state index contributed by atoms with van der Waals surface area (Å²) in [6.45, 7) is 11.7. The van der Waals surface area contributed by atoms with E-state index in [0.29, 0.717) is 65.5 Å². The largest absolute Gasteiger partial charge is 0.376 e. The first-order valence-corrected chi connectivity index (χ1v) is 39.0. The molecule has 0 spiro atoms. The van der Waals surface area contributed by atoms with E-state index in [1.807, 2.05) is 112 Å². The third kappa shape index (κ3) is 18.2. The van der Waals surface area contributed by atoms with Crippen LogP contribution in [0.1, 0.15) is 162 Å². The number of nitrogens with one attached hydrogen (secondary N) is 10. The van der Waals surface area contributed by atoms with Crippen LogP contribution in [0.2, 0.25) is 5.02 Å². The van der Waals surface area contributed by atoms with E-state index in [2.05, 4.69) is 138 Å². The van der Waals surface area contributed by atoms with Crippen LogP contribution < -0.4 is 26.6 Å². The average Bonchev–Trinajstić information content (AvgIpc) is 1.66. The molecule has 588 valence electrons. The molecule has 0 radical (unpaired) electrons. The van der Waals surface area contributed by atoms with E-state index in [4.69, 9.17) is 26.3 Å². The van der Waals surface area contributed by atoms with Gasteiger partial charge in [0.15, 0.2) is 0 Å². The number of aromatic amines is 5. The molecule has 3 fully saturated rings. The van der Waals surface area contributed by atoms with Crippen LogP contribution in [0.15, 0.2) is 243 Å². The van der Waals surface area contributed by atoms with Crippen molar-refractivity contribution < 1.29 is 42.2 Å². The molecular weight excluding hydrogens is 1480 g/mol. The molecule has 2 saturated heterocycles. The Morgan fingerprint density at radius 1 is 0.448 bits per heavy atom. The fraction of sp³-hybridized carbons (Fsp3) is 0.215. The Labute approximate surface area is 673 Å². The van der Waals surface area contributed by atoms with Crippen LogP contribution in [0.25, 0.3) is 54.5 Å². The van der Waals surface area contributed by atoms with Gasteiger partial charge in [0, 0.05) is 78.3 Å². The van der Waals surface area contributed by atoms with Gasteiger partial charge in [-0.25, -0.2) is 8.78 Å². The third-order valence-corrected chi connectivity index (χ3v) is 21.6. The number of fused-ring (bicyclic) bond motifs is 5. The van der Waals surface area contributed by atoms with Crippen molar-refractivity contribution in [3.63, 3.8) is 0 Å². The van der Waals surface area contributed by atoms with Crippen LogP contribution in [0, 0.1) is 23.0 Å². The predicted octanol–water partition coefficient (Wildman–Crippen LogP) is 17.8. The summed E-state index contributed by atoms with van der Waals surface area (Å²) in [4.78, 5) is 78.5. The summed E-state index contributed by atoms with van der Waals surface area (Å²) in [6, 6.07) is 72.9. The minimum Gasteiger partial charge on any atom is -0.376 e. The highest BCUT2D eigenvalue weighted by atomic mass is 35.5. The van der Waals surface area contributed by atoms with Gasteiger partial charge in [-0.3, -0.25) is 28.7 Å². The number of aromatic nitrogens is 7. The molecule has 8 heterocycles. The molecule has 2 atom stereocenters. The molecule has 18 rings (SSSR count). The molecule has 5 amide bonds. The topological polar surface area (TPSA) is 285 Å². The molecule has 10 N–H and O–H groups in total. The zero-order valence-corrected chi connectivity index (χ0v) is 65.7. The Bertz CT molecular complexity index is 6110. The number of halogens is 3. The van der Waals surface area contributed by atoms with Gasteiger partial charge in [0.1, 0.15) is 51.2 Å². The van der Waals surface area contributed by atoms with Crippen molar-refractivity contribution in [2.45, 2.75) is 95.4 Å². The zero-order chi connectivity index (χ0) is 81.3.